The van der Waals surface area contributed by atoms with Gasteiger partial charge >= 0.3 is 5.97 Å². The van der Waals surface area contributed by atoms with Gasteiger partial charge in [-0.05, 0) is 38.8 Å². The van der Waals surface area contributed by atoms with Crippen LogP contribution in [0.5, 0.6) is 0 Å². The van der Waals surface area contributed by atoms with Crippen LogP contribution in [0.1, 0.15) is 26.7 Å². The first-order valence-corrected chi connectivity index (χ1v) is 8.35. The molecule has 2 aliphatic rings. The molecule has 2 N–H and O–H groups in total. The highest BCUT2D eigenvalue weighted by molar-refractivity contribution is 6.24. The Bertz CT molecular complexity index is 748. The smallest absolute Gasteiger partial charge is 0.343 e. The lowest BCUT2D eigenvalue weighted by molar-refractivity contribution is -0.137. The van der Waals surface area contributed by atoms with Crippen LogP contribution < -0.4 is 10.6 Å². The van der Waals surface area contributed by atoms with Gasteiger partial charge in [-0.2, -0.15) is 0 Å². The Morgan fingerprint density at radius 2 is 2.20 bits per heavy atom. The average molecular weight is 343 g/mol. The highest BCUT2D eigenvalue weighted by atomic mass is 16.5. The second-order valence-corrected chi connectivity index (χ2v) is 5.81. The molecule has 7 heteroatoms. The largest absolute Gasteiger partial charge is 0.462 e. The predicted molar refractivity (Wildman–Crippen MR) is 93.6 cm³/mol. The van der Waals surface area contributed by atoms with Gasteiger partial charge in [0.15, 0.2) is 0 Å². The van der Waals surface area contributed by atoms with E-state index in [1.165, 1.54) is 0 Å². The van der Waals surface area contributed by atoms with Gasteiger partial charge in [0, 0.05) is 12.3 Å². The molecule has 2 heterocycles. The molecule has 1 saturated heterocycles. The van der Waals surface area contributed by atoms with Gasteiger partial charge in [0.25, 0.3) is 5.91 Å². The number of nitrogens with zero attached hydrogens (tertiary/aromatic N) is 1. The van der Waals surface area contributed by atoms with Crippen LogP contribution in [0, 0.1) is 0 Å². The molecule has 0 spiro atoms. The normalized spacial score (nSPS) is 19.4. The molecule has 25 heavy (non-hydrogen) atoms. The minimum Gasteiger partial charge on any atom is -0.462 e. The number of esters is 1. The third-order valence-electron chi connectivity index (χ3n) is 4.01. The second-order valence-electron chi connectivity index (χ2n) is 5.81. The van der Waals surface area contributed by atoms with Crippen molar-refractivity contribution in [2.45, 2.75) is 32.8 Å². The van der Waals surface area contributed by atoms with Crippen LogP contribution >= 0.6 is 0 Å². The van der Waals surface area contributed by atoms with Crippen molar-refractivity contribution in [2.24, 2.45) is 4.99 Å². The molecule has 0 radical (unpaired) electrons. The zero-order chi connectivity index (χ0) is 17.8. The number of amides is 1. The molecule has 0 unspecified atom stereocenters. The average Bonchev–Trinajstić information content (AvgIpc) is 3.07. The van der Waals surface area contributed by atoms with Gasteiger partial charge in [-0.15, -0.1) is 0 Å². The predicted octanol–water partition coefficient (Wildman–Crippen LogP) is 2.27. The van der Waals surface area contributed by atoms with E-state index in [1.807, 2.05) is 24.3 Å². The molecule has 3 rings (SSSR count). The monoisotopic (exact) mass is 343 g/mol. The summed E-state index contributed by atoms with van der Waals surface area (Å²) in [6.07, 6.45) is 0.984. The maximum absolute atomic E-state index is 12.5. The quantitative estimate of drug-likeness (QED) is 0.822. The molecule has 0 aromatic heterocycles. The van der Waals surface area contributed by atoms with Gasteiger partial charge in [-0.3, -0.25) is 4.79 Å². The number of carbonyl (C=O) groups excluding carboxylic acids is 2. The van der Waals surface area contributed by atoms with E-state index in [0.29, 0.717) is 24.4 Å². The number of aliphatic imine (C=N–C) groups is 1. The van der Waals surface area contributed by atoms with Crippen LogP contribution in [0.2, 0.25) is 0 Å². The number of carbonyl (C=O) groups is 2. The number of para-hydroxylation sites is 2. The molecule has 0 saturated carbocycles. The van der Waals surface area contributed by atoms with Crippen LogP contribution in [0.3, 0.4) is 0 Å². The number of rotatable bonds is 3. The van der Waals surface area contributed by atoms with Gasteiger partial charge in [-0.1, -0.05) is 12.1 Å². The van der Waals surface area contributed by atoms with Crippen LogP contribution in [-0.4, -0.2) is 37.0 Å². The van der Waals surface area contributed by atoms with Gasteiger partial charge in [-0.25, -0.2) is 9.79 Å². The lowest BCUT2D eigenvalue weighted by atomic mass is 10.1. The zero-order valence-electron chi connectivity index (χ0n) is 14.3. The SMILES string of the molecule is CCOC(=O)C1=C(C)Nc2ccccc2N=C1NC(=O)[C@H]1CCCO1. The lowest BCUT2D eigenvalue weighted by Gasteiger charge is -2.15. The summed E-state index contributed by atoms with van der Waals surface area (Å²) in [5, 5.41) is 5.92. The summed E-state index contributed by atoms with van der Waals surface area (Å²) in [5.41, 5.74) is 2.16. The number of hydrogen-bond donors (Lipinski definition) is 2. The number of anilines is 1. The summed E-state index contributed by atoms with van der Waals surface area (Å²) in [6.45, 7) is 4.28. The molecular formula is C18H21N3O4. The molecule has 7 nitrogen and oxygen atoms in total. The van der Waals surface area contributed by atoms with E-state index < -0.39 is 12.1 Å². The van der Waals surface area contributed by atoms with Crippen LogP contribution in [0.4, 0.5) is 11.4 Å². The summed E-state index contributed by atoms with van der Waals surface area (Å²) >= 11 is 0. The van der Waals surface area contributed by atoms with Crippen molar-refractivity contribution in [3.05, 3.63) is 35.5 Å². The molecule has 1 fully saturated rings. The summed E-state index contributed by atoms with van der Waals surface area (Å²) < 4.78 is 10.6. The fourth-order valence-electron chi connectivity index (χ4n) is 2.82. The Hall–Kier alpha value is -2.67. The minimum absolute atomic E-state index is 0.175. The van der Waals surface area contributed by atoms with Crippen molar-refractivity contribution in [2.75, 3.05) is 18.5 Å². The zero-order valence-corrected chi connectivity index (χ0v) is 14.3. The van der Waals surface area contributed by atoms with Crippen molar-refractivity contribution >= 4 is 29.1 Å². The summed E-state index contributed by atoms with van der Waals surface area (Å²) in [7, 11) is 0. The molecular weight excluding hydrogens is 322 g/mol. The molecule has 1 aromatic rings. The van der Waals surface area contributed by atoms with Crippen LogP contribution in [-0.2, 0) is 19.1 Å². The van der Waals surface area contributed by atoms with E-state index in [9.17, 15) is 9.59 Å². The van der Waals surface area contributed by atoms with Gasteiger partial charge in [0.1, 0.15) is 17.5 Å². The van der Waals surface area contributed by atoms with Crippen LogP contribution in [0.25, 0.3) is 0 Å². The van der Waals surface area contributed by atoms with E-state index >= 15 is 0 Å². The third-order valence-corrected chi connectivity index (χ3v) is 4.01. The number of ether oxygens (including phenoxy) is 2. The molecule has 2 aliphatic heterocycles. The van der Waals surface area contributed by atoms with E-state index in [-0.39, 0.29) is 23.9 Å². The molecule has 1 atom stereocenters. The van der Waals surface area contributed by atoms with Gasteiger partial charge < -0.3 is 20.1 Å². The maximum atomic E-state index is 12.5. The van der Waals surface area contributed by atoms with Crippen molar-refractivity contribution in [1.82, 2.24) is 5.32 Å². The highest BCUT2D eigenvalue weighted by Gasteiger charge is 2.29. The Morgan fingerprint density at radius 1 is 1.40 bits per heavy atom. The number of hydrogen-bond acceptors (Lipinski definition) is 6. The summed E-state index contributed by atoms with van der Waals surface area (Å²) in [5.74, 6) is -0.661. The first kappa shape index (κ1) is 17.2. The number of benzene rings is 1. The first-order chi connectivity index (χ1) is 12.1. The Kier molecular flexibility index (Phi) is 5.14. The van der Waals surface area contributed by atoms with Crippen molar-refractivity contribution in [1.29, 1.82) is 0 Å². The van der Waals surface area contributed by atoms with Gasteiger partial charge in [0.05, 0.1) is 18.0 Å². The standard InChI is InChI=1S/C18H21N3O4/c1-3-24-18(23)15-11(2)19-12-7-4-5-8-13(12)20-16(15)21-17(22)14-9-6-10-25-14/h4-5,7-8,14,19H,3,6,9-10H2,1-2H3,(H,20,21,22)/t14-/m1/s1. The second kappa shape index (κ2) is 7.48. The molecule has 1 aromatic carbocycles. The fourth-order valence-corrected chi connectivity index (χ4v) is 2.82. The highest BCUT2D eigenvalue weighted by Crippen LogP contribution is 2.30. The van der Waals surface area contributed by atoms with Crippen molar-refractivity contribution in [3.63, 3.8) is 0 Å². The Balaban J connectivity index is 1.98. The first-order valence-electron chi connectivity index (χ1n) is 8.35. The number of amidine groups is 1. The fraction of sp³-hybridized carbons (Fsp3) is 0.389. The van der Waals surface area contributed by atoms with E-state index in [0.717, 1.165) is 12.1 Å². The number of nitrogens with one attached hydrogen (secondary N) is 2. The summed E-state index contributed by atoms with van der Waals surface area (Å²) in [4.78, 5) is 29.4. The van der Waals surface area contributed by atoms with Gasteiger partial charge in [0.2, 0.25) is 0 Å². The third kappa shape index (κ3) is 3.71. The van der Waals surface area contributed by atoms with Crippen LogP contribution in [0.15, 0.2) is 40.5 Å². The van der Waals surface area contributed by atoms with E-state index in [2.05, 4.69) is 15.6 Å². The Morgan fingerprint density at radius 3 is 2.92 bits per heavy atom. The molecule has 0 aliphatic carbocycles. The minimum atomic E-state index is -0.535. The van der Waals surface area contributed by atoms with E-state index in [1.54, 1.807) is 13.8 Å². The molecule has 0 bridgehead atoms. The number of allylic oxidation sites excluding steroid dienone is 1. The molecule has 132 valence electrons. The number of fused-ring (bicyclic) bond motifs is 1. The summed E-state index contributed by atoms with van der Waals surface area (Å²) in [6, 6.07) is 7.38. The molecule has 1 amide bonds. The maximum Gasteiger partial charge on any atom is 0.343 e. The topological polar surface area (TPSA) is 89.0 Å². The van der Waals surface area contributed by atoms with Crippen molar-refractivity contribution in [3.8, 4) is 0 Å². The lowest BCUT2D eigenvalue weighted by Crippen LogP contribution is -2.41. The van der Waals surface area contributed by atoms with Crippen molar-refractivity contribution < 1.29 is 19.1 Å². The van der Waals surface area contributed by atoms with E-state index in [4.69, 9.17) is 9.47 Å². The Labute approximate surface area is 146 Å².